The second kappa shape index (κ2) is 11.1. The summed E-state index contributed by atoms with van der Waals surface area (Å²) in [5.74, 6) is -0.0787. The Labute approximate surface area is 240 Å². The number of fused-ring (bicyclic) bond motifs is 2. The highest BCUT2D eigenvalue weighted by atomic mass is 19.1. The third kappa shape index (κ3) is 5.36. The number of hydrogen-bond acceptors (Lipinski definition) is 4. The Balaban J connectivity index is 1.40. The van der Waals surface area contributed by atoms with Gasteiger partial charge in [0, 0.05) is 42.1 Å². The molecule has 1 N–H and O–H groups in total. The van der Waals surface area contributed by atoms with Gasteiger partial charge in [0.05, 0.1) is 13.0 Å². The summed E-state index contributed by atoms with van der Waals surface area (Å²) in [6.45, 7) is 8.63. The van der Waals surface area contributed by atoms with E-state index in [1.54, 1.807) is 0 Å². The Kier molecular flexibility index (Phi) is 7.35. The highest BCUT2D eigenvalue weighted by Gasteiger charge is 2.24. The minimum Gasteiger partial charge on any atom is -0.493 e. The summed E-state index contributed by atoms with van der Waals surface area (Å²) >= 11 is 0. The number of carboxylic acids is 1. The average molecular weight is 551 g/mol. The maximum Gasteiger partial charge on any atom is 0.307 e. The number of aromatic nitrogens is 1. The van der Waals surface area contributed by atoms with Crippen LogP contribution >= 0.6 is 0 Å². The SMILES string of the molecule is Cc1cccc(CN2CCc3cc(-c4c(C)nc(C)c(CC(=O)O)c4-c4ccc5c(c4)CCCO5)ccc3C2)c1F. The Bertz CT molecular complexity index is 1660. The molecule has 0 fully saturated rings. The van der Waals surface area contributed by atoms with Gasteiger partial charge in [0.1, 0.15) is 11.6 Å². The third-order valence-corrected chi connectivity index (χ3v) is 8.46. The van der Waals surface area contributed by atoms with E-state index in [1.807, 2.05) is 51.1 Å². The van der Waals surface area contributed by atoms with E-state index >= 15 is 0 Å². The van der Waals surface area contributed by atoms with Crippen molar-refractivity contribution in [3.05, 3.63) is 105 Å². The number of hydrogen-bond donors (Lipinski definition) is 1. The van der Waals surface area contributed by atoms with Crippen LogP contribution in [0.5, 0.6) is 5.75 Å². The first kappa shape index (κ1) is 27.2. The molecule has 2 aliphatic rings. The molecular formula is C35H35FN2O3. The fourth-order valence-electron chi connectivity index (χ4n) is 6.42. The molecule has 0 saturated heterocycles. The molecule has 0 radical (unpaired) electrons. The normalized spacial score (nSPS) is 14.7. The van der Waals surface area contributed by atoms with Crippen molar-refractivity contribution in [1.82, 2.24) is 9.88 Å². The number of rotatable bonds is 6. The molecule has 6 heteroatoms. The number of halogens is 1. The van der Waals surface area contributed by atoms with Gasteiger partial charge in [0.2, 0.25) is 0 Å². The van der Waals surface area contributed by atoms with Gasteiger partial charge in [-0.25, -0.2) is 4.39 Å². The molecule has 2 aliphatic heterocycles. The van der Waals surface area contributed by atoms with E-state index in [0.717, 1.165) is 95.0 Å². The molecule has 3 heterocycles. The molecule has 0 aliphatic carbocycles. The van der Waals surface area contributed by atoms with Crippen LogP contribution in [0.4, 0.5) is 4.39 Å². The molecule has 4 aromatic rings. The van der Waals surface area contributed by atoms with Crippen LogP contribution in [-0.4, -0.2) is 34.1 Å². The van der Waals surface area contributed by atoms with Crippen LogP contribution in [0.3, 0.4) is 0 Å². The predicted molar refractivity (Wildman–Crippen MR) is 159 cm³/mol. The first-order valence-electron chi connectivity index (χ1n) is 14.3. The lowest BCUT2D eigenvalue weighted by Crippen LogP contribution is -2.30. The molecule has 210 valence electrons. The number of aryl methyl sites for hydroxylation is 4. The van der Waals surface area contributed by atoms with E-state index in [0.29, 0.717) is 12.1 Å². The fraction of sp³-hybridized carbons (Fsp3) is 0.314. The maximum atomic E-state index is 14.7. The quantitative estimate of drug-likeness (QED) is 0.280. The van der Waals surface area contributed by atoms with Crippen LogP contribution < -0.4 is 4.74 Å². The maximum absolute atomic E-state index is 14.7. The number of carboxylic acid groups (broad SMARTS) is 1. The van der Waals surface area contributed by atoms with Gasteiger partial charge < -0.3 is 9.84 Å². The molecule has 41 heavy (non-hydrogen) atoms. The minimum absolute atomic E-state index is 0.0928. The van der Waals surface area contributed by atoms with Gasteiger partial charge in [-0.1, -0.05) is 42.5 Å². The number of nitrogens with zero attached hydrogens (tertiary/aromatic N) is 2. The molecule has 0 unspecified atom stereocenters. The Morgan fingerprint density at radius 2 is 1.73 bits per heavy atom. The van der Waals surface area contributed by atoms with Gasteiger partial charge in [-0.05, 0) is 96.7 Å². The van der Waals surface area contributed by atoms with Crippen LogP contribution in [0.2, 0.25) is 0 Å². The Hall–Kier alpha value is -4.03. The first-order chi connectivity index (χ1) is 19.8. The number of aliphatic carboxylic acids is 1. The van der Waals surface area contributed by atoms with Gasteiger partial charge in [-0.15, -0.1) is 0 Å². The molecule has 0 spiro atoms. The summed E-state index contributed by atoms with van der Waals surface area (Å²) in [4.78, 5) is 19.1. The van der Waals surface area contributed by atoms with Crippen molar-refractivity contribution in [2.24, 2.45) is 0 Å². The van der Waals surface area contributed by atoms with E-state index in [-0.39, 0.29) is 12.2 Å². The molecule has 6 rings (SSSR count). The summed E-state index contributed by atoms with van der Waals surface area (Å²) in [5, 5.41) is 9.83. The summed E-state index contributed by atoms with van der Waals surface area (Å²) in [5.41, 5.74) is 11.4. The van der Waals surface area contributed by atoms with Crippen molar-refractivity contribution in [1.29, 1.82) is 0 Å². The van der Waals surface area contributed by atoms with E-state index in [1.165, 1.54) is 11.1 Å². The lowest BCUT2D eigenvalue weighted by atomic mass is 9.85. The van der Waals surface area contributed by atoms with Gasteiger partial charge in [-0.2, -0.15) is 0 Å². The standard InChI is InChI=1S/C35H35FN2O3/c1-21-6-4-7-29(35(21)36)20-38-14-13-24-16-26(9-10-28(24)19-38)33-23(3)37-22(2)30(18-32(39)40)34(33)27-11-12-31-25(17-27)8-5-15-41-31/h4,6-7,9-12,16-17H,5,8,13-15,18-20H2,1-3H3,(H,39,40). The molecule has 0 bridgehead atoms. The van der Waals surface area contributed by atoms with Gasteiger partial charge in [0.15, 0.2) is 0 Å². The topological polar surface area (TPSA) is 62.7 Å². The minimum atomic E-state index is -0.872. The summed E-state index contributed by atoms with van der Waals surface area (Å²) in [6, 6.07) is 18.4. The molecule has 0 saturated carbocycles. The van der Waals surface area contributed by atoms with Crippen molar-refractivity contribution in [2.45, 2.75) is 59.5 Å². The Morgan fingerprint density at radius 1 is 0.951 bits per heavy atom. The molecule has 0 atom stereocenters. The van der Waals surface area contributed by atoms with E-state index in [4.69, 9.17) is 9.72 Å². The molecule has 1 aromatic heterocycles. The van der Waals surface area contributed by atoms with Gasteiger partial charge >= 0.3 is 5.97 Å². The number of benzene rings is 3. The van der Waals surface area contributed by atoms with Crippen LogP contribution in [0.15, 0.2) is 54.6 Å². The van der Waals surface area contributed by atoms with Gasteiger partial charge in [-0.3, -0.25) is 14.7 Å². The van der Waals surface area contributed by atoms with E-state index < -0.39 is 5.97 Å². The zero-order valence-electron chi connectivity index (χ0n) is 23.9. The molecule has 3 aromatic carbocycles. The summed E-state index contributed by atoms with van der Waals surface area (Å²) in [6.07, 6.45) is 2.68. The summed E-state index contributed by atoms with van der Waals surface area (Å²) < 4.78 is 20.5. The zero-order valence-corrected chi connectivity index (χ0v) is 23.9. The van der Waals surface area contributed by atoms with E-state index in [2.05, 4.69) is 29.2 Å². The summed E-state index contributed by atoms with van der Waals surface area (Å²) in [7, 11) is 0. The monoisotopic (exact) mass is 550 g/mol. The second-order valence-electron chi connectivity index (χ2n) is 11.3. The van der Waals surface area contributed by atoms with Crippen LogP contribution in [0.25, 0.3) is 22.3 Å². The average Bonchev–Trinajstić information content (AvgIpc) is 2.96. The van der Waals surface area contributed by atoms with Crippen molar-refractivity contribution in [3.63, 3.8) is 0 Å². The lowest BCUT2D eigenvalue weighted by Gasteiger charge is -2.30. The highest BCUT2D eigenvalue weighted by Crippen LogP contribution is 2.41. The van der Waals surface area contributed by atoms with Gasteiger partial charge in [0.25, 0.3) is 0 Å². The molecule has 5 nitrogen and oxygen atoms in total. The molecule has 0 amide bonds. The van der Waals surface area contributed by atoms with E-state index in [9.17, 15) is 14.3 Å². The van der Waals surface area contributed by atoms with Crippen molar-refractivity contribution in [2.75, 3.05) is 13.2 Å². The lowest BCUT2D eigenvalue weighted by molar-refractivity contribution is -0.136. The third-order valence-electron chi connectivity index (χ3n) is 8.46. The number of pyridine rings is 1. The Morgan fingerprint density at radius 3 is 2.56 bits per heavy atom. The van der Waals surface area contributed by atoms with Crippen LogP contribution in [-0.2, 0) is 37.1 Å². The smallest absolute Gasteiger partial charge is 0.307 e. The van der Waals surface area contributed by atoms with Crippen LogP contribution in [0, 0.1) is 26.6 Å². The van der Waals surface area contributed by atoms with Crippen LogP contribution in [0.1, 0.15) is 51.2 Å². The zero-order chi connectivity index (χ0) is 28.7. The highest BCUT2D eigenvalue weighted by molar-refractivity contribution is 5.90. The first-order valence-corrected chi connectivity index (χ1v) is 14.3. The number of ether oxygens (including phenoxy) is 1. The largest absolute Gasteiger partial charge is 0.493 e. The predicted octanol–water partition coefficient (Wildman–Crippen LogP) is 6.99. The second-order valence-corrected chi connectivity index (χ2v) is 11.3. The van der Waals surface area contributed by atoms with Crippen molar-refractivity contribution >= 4 is 5.97 Å². The number of carbonyl (C=O) groups is 1. The van der Waals surface area contributed by atoms with Crippen molar-refractivity contribution < 1.29 is 19.0 Å². The van der Waals surface area contributed by atoms with Crippen molar-refractivity contribution in [3.8, 4) is 28.0 Å². The molecular weight excluding hydrogens is 515 g/mol. The fourth-order valence-corrected chi connectivity index (χ4v) is 6.42.